The van der Waals surface area contributed by atoms with E-state index in [4.69, 9.17) is 9.47 Å². The van der Waals surface area contributed by atoms with E-state index in [1.165, 1.54) is 22.3 Å². The SMILES string of the molecule is Cc1ccccc1C1(C(C)C)CCC(C)CC1OC(=O)C(=O)OC1CC(C)CCC1(c1ccccc1C)C(C)C. The van der Waals surface area contributed by atoms with Gasteiger partial charge in [0.1, 0.15) is 12.2 Å². The molecule has 218 valence electrons. The highest BCUT2D eigenvalue weighted by atomic mass is 16.6. The minimum absolute atomic E-state index is 0.240. The monoisotopic (exact) mass is 546 g/mol. The van der Waals surface area contributed by atoms with Gasteiger partial charge in [-0.2, -0.15) is 0 Å². The molecule has 0 radical (unpaired) electrons. The van der Waals surface area contributed by atoms with Crippen molar-refractivity contribution in [1.29, 1.82) is 0 Å². The molecule has 0 bridgehead atoms. The van der Waals surface area contributed by atoms with Crippen LogP contribution in [0.5, 0.6) is 0 Å². The third-order valence-corrected chi connectivity index (χ3v) is 10.5. The number of esters is 2. The van der Waals surface area contributed by atoms with Gasteiger partial charge in [0.15, 0.2) is 0 Å². The molecule has 0 N–H and O–H groups in total. The number of benzene rings is 2. The Balaban J connectivity index is 1.64. The van der Waals surface area contributed by atoms with Crippen LogP contribution >= 0.6 is 0 Å². The van der Waals surface area contributed by atoms with E-state index in [2.05, 4.69) is 104 Å². The van der Waals surface area contributed by atoms with Crippen molar-refractivity contribution in [1.82, 2.24) is 0 Å². The van der Waals surface area contributed by atoms with Crippen molar-refractivity contribution in [2.45, 2.75) is 117 Å². The van der Waals surface area contributed by atoms with Gasteiger partial charge in [-0.25, -0.2) is 9.59 Å². The summed E-state index contributed by atoms with van der Waals surface area (Å²) in [5, 5.41) is 0. The van der Waals surface area contributed by atoms with Gasteiger partial charge in [0.25, 0.3) is 0 Å². The summed E-state index contributed by atoms with van der Waals surface area (Å²) < 4.78 is 12.4. The van der Waals surface area contributed by atoms with E-state index in [1.54, 1.807) is 0 Å². The van der Waals surface area contributed by atoms with E-state index in [0.717, 1.165) is 38.5 Å². The minimum atomic E-state index is -0.849. The van der Waals surface area contributed by atoms with Crippen LogP contribution in [0.15, 0.2) is 48.5 Å². The zero-order valence-electron chi connectivity index (χ0n) is 26.0. The molecule has 0 aromatic heterocycles. The molecule has 4 heteroatoms. The zero-order valence-corrected chi connectivity index (χ0v) is 26.0. The largest absolute Gasteiger partial charge is 0.453 e. The number of carbonyl (C=O) groups excluding carboxylic acids is 2. The zero-order chi connectivity index (χ0) is 29.2. The second-order valence-corrected chi connectivity index (χ2v) is 13.6. The van der Waals surface area contributed by atoms with Gasteiger partial charge >= 0.3 is 11.9 Å². The molecule has 6 unspecified atom stereocenters. The molecule has 6 atom stereocenters. The first kappa shape index (κ1) is 30.3. The number of ether oxygens (including phenoxy) is 2. The van der Waals surface area contributed by atoms with Gasteiger partial charge < -0.3 is 9.47 Å². The lowest BCUT2D eigenvalue weighted by Crippen LogP contribution is -2.53. The molecule has 0 aliphatic heterocycles. The van der Waals surface area contributed by atoms with Crippen LogP contribution in [-0.4, -0.2) is 24.1 Å². The lowest BCUT2D eigenvalue weighted by Gasteiger charge is -2.50. The van der Waals surface area contributed by atoms with E-state index >= 15 is 0 Å². The Labute approximate surface area is 242 Å². The van der Waals surface area contributed by atoms with Crippen LogP contribution in [0.25, 0.3) is 0 Å². The summed E-state index contributed by atoms with van der Waals surface area (Å²) in [5.41, 5.74) is 4.17. The fourth-order valence-electron chi connectivity index (χ4n) is 8.09. The maximum absolute atomic E-state index is 13.6. The van der Waals surface area contributed by atoms with E-state index < -0.39 is 11.9 Å². The highest BCUT2D eigenvalue weighted by molar-refractivity contribution is 6.29. The van der Waals surface area contributed by atoms with Gasteiger partial charge in [-0.3, -0.25) is 0 Å². The lowest BCUT2D eigenvalue weighted by molar-refractivity contribution is -0.184. The van der Waals surface area contributed by atoms with Gasteiger partial charge in [-0.1, -0.05) is 90.1 Å². The summed E-state index contributed by atoms with van der Waals surface area (Å²) in [6.45, 7) is 17.5. The Bertz CT molecular complexity index is 1110. The Kier molecular flexibility index (Phi) is 9.17. The van der Waals surface area contributed by atoms with Crippen LogP contribution in [-0.2, 0) is 29.9 Å². The number of rotatable bonds is 6. The van der Waals surface area contributed by atoms with Gasteiger partial charge in [-0.15, -0.1) is 0 Å². The van der Waals surface area contributed by atoms with Crippen LogP contribution in [0.2, 0.25) is 0 Å². The molecule has 0 heterocycles. The van der Waals surface area contributed by atoms with E-state index in [0.29, 0.717) is 11.8 Å². The molecule has 0 spiro atoms. The summed E-state index contributed by atoms with van der Waals surface area (Å²) in [7, 11) is 0. The molecule has 0 amide bonds. The Morgan fingerprint density at radius 3 is 1.35 bits per heavy atom. The molecular weight excluding hydrogens is 496 g/mol. The Hall–Kier alpha value is -2.62. The van der Waals surface area contributed by atoms with E-state index in [1.807, 2.05) is 0 Å². The average Bonchev–Trinajstić information content (AvgIpc) is 2.90. The van der Waals surface area contributed by atoms with Gasteiger partial charge in [0.05, 0.1) is 0 Å². The maximum Gasteiger partial charge on any atom is 0.417 e. The first-order valence-corrected chi connectivity index (χ1v) is 15.5. The standard InChI is InChI=1S/C36H50O4/c1-23(2)35(29-15-11-9-13-27(29)7)19-17-25(5)21-31(35)39-33(37)34(38)40-32-22-26(6)18-20-36(32,24(3)4)30-16-12-10-14-28(30)8/h9-16,23-26,31-32H,17-22H2,1-8H3. The number of carbonyl (C=O) groups is 2. The topological polar surface area (TPSA) is 52.6 Å². The number of hydrogen-bond acceptors (Lipinski definition) is 4. The third-order valence-electron chi connectivity index (χ3n) is 10.5. The van der Waals surface area contributed by atoms with Crippen molar-refractivity contribution in [3.05, 3.63) is 70.8 Å². The molecule has 2 aromatic carbocycles. The van der Waals surface area contributed by atoms with Crippen molar-refractivity contribution in [3.63, 3.8) is 0 Å². The van der Waals surface area contributed by atoms with Crippen molar-refractivity contribution in [2.24, 2.45) is 23.7 Å². The highest BCUT2D eigenvalue weighted by Gasteiger charge is 2.52. The van der Waals surface area contributed by atoms with Crippen molar-refractivity contribution >= 4 is 11.9 Å². The van der Waals surface area contributed by atoms with Crippen LogP contribution in [0.3, 0.4) is 0 Å². The normalized spacial score (nSPS) is 30.8. The van der Waals surface area contributed by atoms with Crippen molar-refractivity contribution in [3.8, 4) is 0 Å². The Morgan fingerprint density at radius 1 is 0.675 bits per heavy atom. The molecule has 4 rings (SSSR count). The molecule has 40 heavy (non-hydrogen) atoms. The Morgan fingerprint density at radius 2 is 1.02 bits per heavy atom. The summed E-state index contributed by atoms with van der Waals surface area (Å²) >= 11 is 0. The molecule has 2 aliphatic rings. The molecule has 2 fully saturated rings. The van der Waals surface area contributed by atoms with Gasteiger partial charge in [0, 0.05) is 10.8 Å². The van der Waals surface area contributed by atoms with E-state index in [9.17, 15) is 9.59 Å². The smallest absolute Gasteiger partial charge is 0.417 e. The first-order chi connectivity index (χ1) is 18.9. The third kappa shape index (κ3) is 5.48. The fraction of sp³-hybridized carbons (Fsp3) is 0.611. The predicted molar refractivity (Wildman–Crippen MR) is 161 cm³/mol. The number of aryl methyl sites for hydroxylation is 2. The van der Waals surface area contributed by atoms with Crippen LogP contribution in [0, 0.1) is 37.5 Å². The number of hydrogen-bond donors (Lipinski definition) is 0. The predicted octanol–water partition coefficient (Wildman–Crippen LogP) is 8.25. The molecule has 4 nitrogen and oxygen atoms in total. The molecule has 2 aliphatic carbocycles. The van der Waals surface area contributed by atoms with Crippen LogP contribution in [0.4, 0.5) is 0 Å². The molecule has 2 saturated carbocycles. The molecular formula is C36H50O4. The van der Waals surface area contributed by atoms with Gasteiger partial charge in [-0.05, 0) is 98.3 Å². The second kappa shape index (κ2) is 12.1. The summed E-state index contributed by atoms with van der Waals surface area (Å²) in [6, 6.07) is 16.9. The summed E-state index contributed by atoms with van der Waals surface area (Å²) in [4.78, 5) is 27.2. The quantitative estimate of drug-likeness (QED) is 0.270. The fourth-order valence-corrected chi connectivity index (χ4v) is 8.09. The average molecular weight is 547 g/mol. The minimum Gasteiger partial charge on any atom is -0.453 e. The van der Waals surface area contributed by atoms with Crippen molar-refractivity contribution in [2.75, 3.05) is 0 Å². The van der Waals surface area contributed by atoms with Crippen LogP contribution in [0.1, 0.15) is 102 Å². The first-order valence-electron chi connectivity index (χ1n) is 15.5. The summed E-state index contributed by atoms with van der Waals surface area (Å²) in [5.74, 6) is -0.388. The van der Waals surface area contributed by atoms with Gasteiger partial charge in [0.2, 0.25) is 0 Å². The highest BCUT2D eigenvalue weighted by Crippen LogP contribution is 2.51. The molecule has 2 aromatic rings. The maximum atomic E-state index is 13.6. The van der Waals surface area contributed by atoms with Crippen LogP contribution < -0.4 is 0 Å². The molecule has 0 saturated heterocycles. The van der Waals surface area contributed by atoms with Crippen molar-refractivity contribution < 1.29 is 19.1 Å². The lowest BCUT2D eigenvalue weighted by atomic mass is 9.58. The second-order valence-electron chi connectivity index (χ2n) is 13.6. The summed E-state index contributed by atoms with van der Waals surface area (Å²) in [6.07, 6.45) is 4.71. The van der Waals surface area contributed by atoms with E-state index in [-0.39, 0.29) is 34.9 Å².